The molecular formula is C26H23FN2O5. The van der Waals surface area contributed by atoms with Crippen LogP contribution in [0.4, 0.5) is 10.1 Å². The van der Waals surface area contributed by atoms with Crippen LogP contribution < -0.4 is 19.5 Å². The second-order valence-electron chi connectivity index (χ2n) is 8.25. The summed E-state index contributed by atoms with van der Waals surface area (Å²) in [5.41, 5.74) is 2.07. The van der Waals surface area contributed by atoms with Crippen LogP contribution in [0.25, 0.3) is 11.1 Å². The highest BCUT2D eigenvalue weighted by Gasteiger charge is 2.34. The second kappa shape index (κ2) is 9.05. The van der Waals surface area contributed by atoms with Gasteiger partial charge in [0.25, 0.3) is 11.8 Å². The fourth-order valence-electron chi connectivity index (χ4n) is 4.17. The number of nitrogens with zero attached hydrogens (tertiary/aromatic N) is 1. The first-order valence-corrected chi connectivity index (χ1v) is 10.9. The monoisotopic (exact) mass is 462 g/mol. The second-order valence-corrected chi connectivity index (χ2v) is 8.25. The number of carbonyl (C=O) groups is 2. The molecule has 1 N–H and O–H groups in total. The number of fused-ring (bicyclic) bond motifs is 1. The molecule has 3 aromatic rings. The van der Waals surface area contributed by atoms with E-state index in [0.29, 0.717) is 25.4 Å². The van der Waals surface area contributed by atoms with Crippen LogP contribution in [0.2, 0.25) is 0 Å². The van der Waals surface area contributed by atoms with Gasteiger partial charge < -0.3 is 24.4 Å². The van der Waals surface area contributed by atoms with Crippen molar-refractivity contribution in [3.05, 3.63) is 72.0 Å². The minimum Gasteiger partial charge on any atom is -0.496 e. The Morgan fingerprint density at radius 2 is 1.76 bits per heavy atom. The number of amides is 2. The van der Waals surface area contributed by atoms with E-state index in [1.54, 1.807) is 12.0 Å². The third-order valence-electron chi connectivity index (χ3n) is 5.94. The summed E-state index contributed by atoms with van der Waals surface area (Å²) < 4.78 is 31.3. The summed E-state index contributed by atoms with van der Waals surface area (Å²) in [4.78, 5) is 25.9. The molecule has 0 saturated carbocycles. The van der Waals surface area contributed by atoms with Crippen molar-refractivity contribution in [2.24, 2.45) is 5.92 Å². The Kier molecular flexibility index (Phi) is 5.79. The summed E-state index contributed by atoms with van der Waals surface area (Å²) >= 11 is 0. The molecule has 2 aliphatic rings. The van der Waals surface area contributed by atoms with Gasteiger partial charge in [0, 0.05) is 36.2 Å². The third-order valence-corrected chi connectivity index (χ3v) is 5.94. The molecule has 0 bridgehead atoms. The Morgan fingerprint density at radius 1 is 1.09 bits per heavy atom. The minimum atomic E-state index is -0.676. The van der Waals surface area contributed by atoms with Gasteiger partial charge in [0.1, 0.15) is 23.1 Å². The lowest BCUT2D eigenvalue weighted by molar-refractivity contribution is -0.118. The maximum absolute atomic E-state index is 14.5. The first-order chi connectivity index (χ1) is 16.5. The smallest absolute Gasteiger partial charge is 0.262 e. The number of hydrogen-bond acceptors (Lipinski definition) is 5. The van der Waals surface area contributed by atoms with Crippen LogP contribution in [0, 0.1) is 11.7 Å². The highest BCUT2D eigenvalue weighted by atomic mass is 19.1. The van der Waals surface area contributed by atoms with E-state index in [4.69, 9.17) is 14.2 Å². The van der Waals surface area contributed by atoms with Crippen molar-refractivity contribution in [3.63, 3.8) is 0 Å². The Labute approximate surface area is 196 Å². The number of nitrogens with one attached hydrogen (secondary N) is 1. The summed E-state index contributed by atoms with van der Waals surface area (Å²) in [5.74, 6) is 0.389. The molecule has 5 rings (SSSR count). The zero-order valence-corrected chi connectivity index (χ0v) is 18.5. The third kappa shape index (κ3) is 4.14. The molecule has 0 aromatic heterocycles. The van der Waals surface area contributed by atoms with Gasteiger partial charge in [-0.25, -0.2) is 4.39 Å². The normalized spacial score (nSPS) is 15.0. The Bertz CT molecular complexity index is 1260. The van der Waals surface area contributed by atoms with E-state index < -0.39 is 11.7 Å². The van der Waals surface area contributed by atoms with E-state index >= 15 is 0 Å². The Hall–Kier alpha value is -4.07. The van der Waals surface area contributed by atoms with Crippen LogP contribution in [0.3, 0.4) is 0 Å². The summed E-state index contributed by atoms with van der Waals surface area (Å²) in [5, 5.41) is 2.60. The fraction of sp³-hybridized carbons (Fsp3) is 0.231. The van der Waals surface area contributed by atoms with E-state index in [2.05, 4.69) is 5.32 Å². The largest absolute Gasteiger partial charge is 0.496 e. The topological polar surface area (TPSA) is 77.1 Å². The minimum absolute atomic E-state index is 0.0922. The van der Waals surface area contributed by atoms with E-state index in [-0.39, 0.29) is 29.7 Å². The number of hydrogen-bond donors (Lipinski definition) is 1. The van der Waals surface area contributed by atoms with Crippen molar-refractivity contribution in [3.8, 4) is 28.4 Å². The molecule has 34 heavy (non-hydrogen) atoms. The zero-order valence-electron chi connectivity index (χ0n) is 18.5. The maximum Gasteiger partial charge on any atom is 0.262 e. The molecule has 174 valence electrons. The van der Waals surface area contributed by atoms with Crippen molar-refractivity contribution in [1.29, 1.82) is 0 Å². The molecule has 3 aromatic carbocycles. The van der Waals surface area contributed by atoms with Crippen LogP contribution >= 0.6 is 0 Å². The van der Waals surface area contributed by atoms with Crippen molar-refractivity contribution in [2.45, 2.75) is 0 Å². The number of para-hydroxylation sites is 2. The van der Waals surface area contributed by atoms with Crippen molar-refractivity contribution >= 4 is 17.5 Å². The molecule has 0 unspecified atom stereocenters. The standard InChI is InChI=1S/C26H23FN2O5/c1-32-22-8-4-2-6-17(22)18-7-3-5-9-23(18)33-14-16-12-29(13-16)26(31)19-10-21-24(11-20(19)27)34-15-25(30)28-21/h2-11,16H,12-15H2,1H3,(H,28,30). The molecule has 2 amide bonds. The molecule has 1 fully saturated rings. The maximum atomic E-state index is 14.5. The van der Waals surface area contributed by atoms with Crippen molar-refractivity contribution in [1.82, 2.24) is 4.90 Å². The van der Waals surface area contributed by atoms with Gasteiger partial charge in [0.05, 0.1) is 25.0 Å². The molecule has 2 aliphatic heterocycles. The quantitative estimate of drug-likeness (QED) is 0.600. The first-order valence-electron chi connectivity index (χ1n) is 10.9. The van der Waals surface area contributed by atoms with E-state index in [1.807, 2.05) is 48.5 Å². The molecule has 2 heterocycles. The summed E-state index contributed by atoms with van der Waals surface area (Å²) in [6, 6.07) is 17.9. The van der Waals surface area contributed by atoms with Gasteiger partial charge in [-0.05, 0) is 18.2 Å². The molecule has 8 heteroatoms. The van der Waals surface area contributed by atoms with Gasteiger partial charge in [0.2, 0.25) is 0 Å². The molecule has 0 aliphatic carbocycles. The van der Waals surface area contributed by atoms with Crippen molar-refractivity contribution < 1.29 is 28.2 Å². The lowest BCUT2D eigenvalue weighted by Gasteiger charge is -2.39. The Morgan fingerprint density at radius 3 is 2.50 bits per heavy atom. The number of halogens is 1. The van der Waals surface area contributed by atoms with Crippen LogP contribution in [0.1, 0.15) is 10.4 Å². The molecule has 0 radical (unpaired) electrons. The van der Waals surface area contributed by atoms with Gasteiger partial charge >= 0.3 is 0 Å². The molecular weight excluding hydrogens is 439 g/mol. The average Bonchev–Trinajstić information content (AvgIpc) is 2.83. The molecule has 1 saturated heterocycles. The number of rotatable bonds is 6. The van der Waals surface area contributed by atoms with Crippen molar-refractivity contribution in [2.75, 3.05) is 38.7 Å². The average molecular weight is 462 g/mol. The van der Waals surface area contributed by atoms with Gasteiger partial charge in [-0.1, -0.05) is 36.4 Å². The SMILES string of the molecule is COc1ccccc1-c1ccccc1OCC1CN(C(=O)c2cc3c(cc2F)OCC(=O)N3)C1. The number of ether oxygens (including phenoxy) is 3. The summed E-state index contributed by atoms with van der Waals surface area (Å²) in [7, 11) is 1.63. The number of anilines is 1. The van der Waals surface area contributed by atoms with Gasteiger partial charge in [-0.2, -0.15) is 0 Å². The van der Waals surface area contributed by atoms with Crippen LogP contribution in [-0.4, -0.2) is 50.1 Å². The number of methoxy groups -OCH3 is 1. The van der Waals surface area contributed by atoms with Crippen LogP contribution in [-0.2, 0) is 4.79 Å². The zero-order chi connectivity index (χ0) is 23.7. The summed E-state index contributed by atoms with van der Waals surface area (Å²) in [6.07, 6.45) is 0. The van der Waals surface area contributed by atoms with E-state index in [0.717, 1.165) is 28.7 Å². The Balaban J connectivity index is 1.23. The number of benzene rings is 3. The number of likely N-dealkylation sites (tertiary alicyclic amines) is 1. The van der Waals surface area contributed by atoms with E-state index in [1.165, 1.54) is 6.07 Å². The molecule has 0 atom stereocenters. The van der Waals surface area contributed by atoms with Gasteiger partial charge in [-0.3, -0.25) is 9.59 Å². The van der Waals surface area contributed by atoms with Crippen LogP contribution in [0.5, 0.6) is 17.2 Å². The van der Waals surface area contributed by atoms with Gasteiger partial charge in [-0.15, -0.1) is 0 Å². The predicted octanol–water partition coefficient (Wildman–Crippen LogP) is 3.98. The first kappa shape index (κ1) is 21.8. The van der Waals surface area contributed by atoms with E-state index in [9.17, 15) is 14.0 Å². The van der Waals surface area contributed by atoms with Gasteiger partial charge in [0.15, 0.2) is 6.61 Å². The highest BCUT2D eigenvalue weighted by molar-refractivity contribution is 6.00. The lowest BCUT2D eigenvalue weighted by Crippen LogP contribution is -2.52. The highest BCUT2D eigenvalue weighted by Crippen LogP contribution is 2.37. The summed E-state index contributed by atoms with van der Waals surface area (Å²) in [6.45, 7) is 1.16. The number of carbonyl (C=O) groups excluding carboxylic acids is 2. The molecule has 7 nitrogen and oxygen atoms in total. The van der Waals surface area contributed by atoms with Crippen LogP contribution in [0.15, 0.2) is 60.7 Å². The molecule has 0 spiro atoms. The lowest BCUT2D eigenvalue weighted by atomic mass is 9.99. The fourth-order valence-corrected chi connectivity index (χ4v) is 4.17. The predicted molar refractivity (Wildman–Crippen MR) is 124 cm³/mol.